The van der Waals surface area contributed by atoms with Crippen LogP contribution >= 0.6 is 0 Å². The van der Waals surface area contributed by atoms with E-state index in [0.29, 0.717) is 5.56 Å². The first kappa shape index (κ1) is 14.5. The van der Waals surface area contributed by atoms with Gasteiger partial charge in [-0.25, -0.2) is 4.39 Å². The van der Waals surface area contributed by atoms with Crippen LogP contribution in [0.3, 0.4) is 0 Å². The number of carbonyl (C=O) groups excluding carboxylic acids is 1. The smallest absolute Gasteiger partial charge is 0.241 e. The summed E-state index contributed by atoms with van der Waals surface area (Å²) in [6, 6.07) is 6.70. The van der Waals surface area contributed by atoms with Gasteiger partial charge >= 0.3 is 0 Å². The number of benzene rings is 1. The minimum absolute atomic E-state index is 0.0933. The predicted octanol–water partition coefficient (Wildman–Crippen LogP) is 3.22. The van der Waals surface area contributed by atoms with E-state index in [1.807, 2.05) is 17.9 Å². The number of halogens is 1. The lowest BCUT2D eigenvalue weighted by atomic mass is 10.0. The van der Waals surface area contributed by atoms with Crippen LogP contribution in [0.5, 0.6) is 0 Å². The van der Waals surface area contributed by atoms with E-state index in [4.69, 9.17) is 0 Å². The molecule has 3 unspecified atom stereocenters. The highest BCUT2D eigenvalue weighted by atomic mass is 19.1. The van der Waals surface area contributed by atoms with Crippen molar-refractivity contribution in [2.75, 3.05) is 0 Å². The highest BCUT2D eigenvalue weighted by Gasteiger charge is 2.42. The third-order valence-electron chi connectivity index (χ3n) is 4.68. The van der Waals surface area contributed by atoms with E-state index in [-0.39, 0.29) is 30.0 Å². The maximum Gasteiger partial charge on any atom is 0.241 e. The molecule has 1 saturated heterocycles. The van der Waals surface area contributed by atoms with E-state index in [0.717, 1.165) is 18.8 Å². The second-order valence-corrected chi connectivity index (χ2v) is 6.30. The summed E-state index contributed by atoms with van der Waals surface area (Å²) in [6.45, 7) is 3.97. The number of hydrogen-bond donors (Lipinski definition) is 1. The van der Waals surface area contributed by atoms with E-state index in [2.05, 4.69) is 12.2 Å². The van der Waals surface area contributed by atoms with Crippen LogP contribution < -0.4 is 5.32 Å². The molecule has 1 saturated carbocycles. The molecule has 1 aliphatic carbocycles. The Morgan fingerprint density at radius 3 is 2.71 bits per heavy atom. The van der Waals surface area contributed by atoms with Gasteiger partial charge in [0.2, 0.25) is 5.91 Å². The number of amides is 1. The van der Waals surface area contributed by atoms with Crippen molar-refractivity contribution in [3.63, 3.8) is 0 Å². The molecule has 2 fully saturated rings. The molecule has 3 nitrogen and oxygen atoms in total. The van der Waals surface area contributed by atoms with Crippen molar-refractivity contribution in [2.24, 2.45) is 5.92 Å². The van der Waals surface area contributed by atoms with Crippen molar-refractivity contribution in [3.05, 3.63) is 35.6 Å². The van der Waals surface area contributed by atoms with Crippen LogP contribution in [0.15, 0.2) is 24.3 Å². The number of carbonyl (C=O) groups is 1. The van der Waals surface area contributed by atoms with Crippen LogP contribution in [-0.2, 0) is 4.79 Å². The molecule has 1 aliphatic heterocycles. The third kappa shape index (κ3) is 2.82. The minimum atomic E-state index is -0.336. The van der Waals surface area contributed by atoms with Gasteiger partial charge in [0, 0.05) is 11.6 Å². The number of nitrogens with zero attached hydrogens (tertiary/aromatic N) is 1. The lowest BCUT2D eigenvalue weighted by Gasteiger charge is -2.32. The van der Waals surface area contributed by atoms with Crippen LogP contribution in [0.4, 0.5) is 4.39 Å². The van der Waals surface area contributed by atoms with Crippen LogP contribution in [0, 0.1) is 11.7 Å². The lowest BCUT2D eigenvalue weighted by molar-refractivity contribution is -0.132. The largest absolute Gasteiger partial charge is 0.318 e. The third-order valence-corrected chi connectivity index (χ3v) is 4.68. The summed E-state index contributed by atoms with van der Waals surface area (Å²) in [6.07, 6.45) is 4.17. The Morgan fingerprint density at radius 1 is 1.38 bits per heavy atom. The van der Waals surface area contributed by atoms with Crippen molar-refractivity contribution in [3.8, 4) is 0 Å². The first-order valence-corrected chi connectivity index (χ1v) is 7.94. The Hall–Kier alpha value is -1.42. The highest BCUT2D eigenvalue weighted by Crippen LogP contribution is 2.38. The summed E-state index contributed by atoms with van der Waals surface area (Å²) in [4.78, 5) is 14.4. The quantitative estimate of drug-likeness (QED) is 0.903. The first-order valence-electron chi connectivity index (χ1n) is 7.94. The first-order chi connectivity index (χ1) is 10.1. The Balaban J connectivity index is 1.89. The van der Waals surface area contributed by atoms with Crippen molar-refractivity contribution in [1.82, 2.24) is 10.2 Å². The molecule has 4 heteroatoms. The van der Waals surface area contributed by atoms with Gasteiger partial charge in [0.05, 0.1) is 6.04 Å². The fourth-order valence-corrected chi connectivity index (χ4v) is 3.28. The summed E-state index contributed by atoms with van der Waals surface area (Å²) < 4.78 is 14.1. The van der Waals surface area contributed by atoms with Crippen molar-refractivity contribution in [1.29, 1.82) is 0 Å². The van der Waals surface area contributed by atoms with Crippen molar-refractivity contribution >= 4 is 5.91 Å². The molecule has 1 N–H and O–H groups in total. The molecule has 0 radical (unpaired) electrons. The van der Waals surface area contributed by atoms with Crippen LogP contribution in [0.1, 0.15) is 51.3 Å². The van der Waals surface area contributed by atoms with Crippen molar-refractivity contribution < 1.29 is 9.18 Å². The van der Waals surface area contributed by atoms with Gasteiger partial charge in [0.1, 0.15) is 12.0 Å². The second-order valence-electron chi connectivity index (χ2n) is 6.30. The summed E-state index contributed by atoms with van der Waals surface area (Å²) >= 11 is 0. The minimum Gasteiger partial charge on any atom is -0.318 e. The highest BCUT2D eigenvalue weighted by molar-refractivity contribution is 5.84. The topological polar surface area (TPSA) is 32.3 Å². The fraction of sp³-hybridized carbons (Fsp3) is 0.588. The average Bonchev–Trinajstić information content (AvgIpc) is 3.24. The van der Waals surface area contributed by atoms with Crippen molar-refractivity contribution in [2.45, 2.75) is 57.8 Å². The summed E-state index contributed by atoms with van der Waals surface area (Å²) in [5.74, 6) is 0.596. The van der Waals surface area contributed by atoms with E-state index >= 15 is 0 Å². The predicted molar refractivity (Wildman–Crippen MR) is 80.0 cm³/mol. The van der Waals surface area contributed by atoms with Gasteiger partial charge in [-0.15, -0.1) is 0 Å². The molecule has 1 heterocycles. The van der Waals surface area contributed by atoms with Crippen LogP contribution in [-0.4, -0.2) is 22.9 Å². The molecule has 0 aromatic heterocycles. The molecule has 0 spiro atoms. The fourth-order valence-electron chi connectivity index (χ4n) is 3.28. The Morgan fingerprint density at radius 2 is 2.10 bits per heavy atom. The van der Waals surface area contributed by atoms with Gasteiger partial charge in [0.15, 0.2) is 0 Å². The lowest BCUT2D eigenvalue weighted by Crippen LogP contribution is -2.40. The molecule has 3 atom stereocenters. The standard InChI is InChI=1S/C17H23FN2O/c1-3-13(10-12-8-9-12)20-16(19-11(2)17(20)21)14-6-4-5-7-15(14)18/h4-7,11-13,16,19H,3,8-10H2,1-2H3. The van der Waals surface area contributed by atoms with Gasteiger partial charge in [0.25, 0.3) is 0 Å². The Labute approximate surface area is 125 Å². The van der Waals surface area contributed by atoms with E-state index in [1.165, 1.54) is 18.9 Å². The number of rotatable bonds is 5. The molecule has 2 aliphatic rings. The molecule has 0 bridgehead atoms. The maximum atomic E-state index is 14.1. The van der Waals surface area contributed by atoms with E-state index in [1.54, 1.807) is 12.1 Å². The molecule has 21 heavy (non-hydrogen) atoms. The molecule has 1 aromatic rings. The molecular formula is C17H23FN2O. The SMILES string of the molecule is CCC(CC1CC1)N1C(=O)C(C)NC1c1ccccc1F. The normalized spacial score (nSPS) is 27.2. The molecule has 1 aromatic carbocycles. The van der Waals surface area contributed by atoms with E-state index < -0.39 is 0 Å². The molecule has 114 valence electrons. The van der Waals surface area contributed by atoms with Crippen LogP contribution in [0.2, 0.25) is 0 Å². The Kier molecular flexibility index (Phi) is 3.98. The average molecular weight is 290 g/mol. The summed E-state index contributed by atoms with van der Waals surface area (Å²) in [5.41, 5.74) is 0.574. The molecule has 1 amide bonds. The van der Waals surface area contributed by atoms with E-state index in [9.17, 15) is 9.18 Å². The Bertz CT molecular complexity index is 529. The van der Waals surface area contributed by atoms with Gasteiger partial charge in [-0.05, 0) is 31.7 Å². The van der Waals surface area contributed by atoms with Gasteiger partial charge in [-0.2, -0.15) is 0 Å². The monoisotopic (exact) mass is 290 g/mol. The maximum absolute atomic E-state index is 14.1. The second kappa shape index (κ2) is 5.76. The zero-order valence-electron chi connectivity index (χ0n) is 12.7. The number of hydrogen-bond acceptors (Lipinski definition) is 2. The van der Waals surface area contributed by atoms with Gasteiger partial charge < -0.3 is 4.90 Å². The van der Waals surface area contributed by atoms with Gasteiger partial charge in [-0.1, -0.05) is 38.0 Å². The zero-order chi connectivity index (χ0) is 15.0. The summed E-state index contributed by atoms with van der Waals surface area (Å²) in [7, 11) is 0. The molecular weight excluding hydrogens is 267 g/mol. The van der Waals surface area contributed by atoms with Gasteiger partial charge in [-0.3, -0.25) is 10.1 Å². The van der Waals surface area contributed by atoms with Crippen LogP contribution in [0.25, 0.3) is 0 Å². The number of nitrogens with one attached hydrogen (secondary N) is 1. The molecule has 3 rings (SSSR count). The zero-order valence-corrected chi connectivity index (χ0v) is 12.7. The summed E-state index contributed by atoms with van der Waals surface area (Å²) in [5, 5.41) is 3.26.